The van der Waals surface area contributed by atoms with Crippen LogP contribution < -0.4 is 21.8 Å². The second kappa shape index (κ2) is 18.4. The molecule has 0 spiro atoms. The number of thioether (sulfide) groups is 2. The Balaban J connectivity index is 1.20. The number of hydrogen-bond acceptors (Lipinski definition) is 12. The van der Waals surface area contributed by atoms with Gasteiger partial charge in [0.2, 0.25) is 11.8 Å². The fourth-order valence-electron chi connectivity index (χ4n) is 5.57. The summed E-state index contributed by atoms with van der Waals surface area (Å²) < 4.78 is 12.9. The quantitative estimate of drug-likeness (QED) is 0.0746. The van der Waals surface area contributed by atoms with Crippen molar-refractivity contribution < 1.29 is 28.7 Å². The van der Waals surface area contributed by atoms with Crippen LogP contribution in [0.1, 0.15) is 34.6 Å². The van der Waals surface area contributed by atoms with E-state index in [1.165, 1.54) is 9.13 Å². The standard InChI is InChI=1S/C40H36N6O8S2/c1-3-53-37(51)25-13-17-27(18-14-25)41-33(47)23-55-39-43-31-11-7-5-9-29(31)35(49)45(39)21-22-46-36(50)30-10-6-8-12-32(30)44-40(46)56-24-34(48)42-28-19-15-26(16-20-28)38(52)54-4-2/h5-20H,3-4,21-24H2,1-2H3,(H,41,47)(H,42,48). The van der Waals surface area contributed by atoms with Crippen molar-refractivity contribution in [3.63, 3.8) is 0 Å². The average molecular weight is 793 g/mol. The van der Waals surface area contributed by atoms with Crippen molar-refractivity contribution in [2.75, 3.05) is 35.4 Å². The predicted octanol–water partition coefficient (Wildman–Crippen LogP) is 5.62. The molecule has 2 heterocycles. The van der Waals surface area contributed by atoms with Gasteiger partial charge in [-0.3, -0.25) is 28.3 Å². The Morgan fingerprint density at radius 1 is 0.571 bits per heavy atom. The van der Waals surface area contributed by atoms with Gasteiger partial charge in [-0.05, 0) is 86.6 Å². The van der Waals surface area contributed by atoms with Crippen LogP contribution in [-0.2, 0) is 32.2 Å². The molecule has 0 unspecified atom stereocenters. The average Bonchev–Trinajstić information content (AvgIpc) is 3.20. The molecule has 6 aromatic rings. The number of nitrogens with one attached hydrogen (secondary N) is 2. The summed E-state index contributed by atoms with van der Waals surface area (Å²) in [5.41, 5.74) is 1.86. The Kier molecular flexibility index (Phi) is 12.9. The number of hydrogen-bond donors (Lipinski definition) is 2. The van der Waals surface area contributed by atoms with Crippen LogP contribution in [0.2, 0.25) is 0 Å². The predicted molar refractivity (Wildman–Crippen MR) is 216 cm³/mol. The maximum Gasteiger partial charge on any atom is 0.338 e. The summed E-state index contributed by atoms with van der Waals surface area (Å²) in [5, 5.41) is 6.85. The number of fused-ring (bicyclic) bond motifs is 2. The number of nitrogens with zero attached hydrogens (tertiary/aromatic N) is 4. The number of benzene rings is 4. The molecule has 0 atom stereocenters. The smallest absolute Gasteiger partial charge is 0.338 e. The van der Waals surface area contributed by atoms with Crippen molar-refractivity contribution in [2.45, 2.75) is 37.2 Å². The summed E-state index contributed by atoms with van der Waals surface area (Å²) >= 11 is 2.13. The number of aromatic nitrogens is 4. The molecule has 0 saturated carbocycles. The molecule has 0 bridgehead atoms. The lowest BCUT2D eigenvalue weighted by atomic mass is 10.2. The normalized spacial score (nSPS) is 11.0. The molecule has 2 aromatic heterocycles. The molecule has 14 nitrogen and oxygen atoms in total. The first-order chi connectivity index (χ1) is 27.1. The summed E-state index contributed by atoms with van der Waals surface area (Å²) in [6.45, 7) is 3.93. The lowest BCUT2D eigenvalue weighted by Gasteiger charge is -2.16. The van der Waals surface area contributed by atoms with Crippen LogP contribution >= 0.6 is 23.5 Å². The van der Waals surface area contributed by atoms with Crippen LogP contribution in [0.5, 0.6) is 0 Å². The van der Waals surface area contributed by atoms with Gasteiger partial charge in [0.15, 0.2) is 10.3 Å². The molecule has 2 amide bonds. The minimum atomic E-state index is -0.463. The monoisotopic (exact) mass is 792 g/mol. The van der Waals surface area contributed by atoms with Crippen molar-refractivity contribution in [1.29, 1.82) is 0 Å². The summed E-state index contributed by atoms with van der Waals surface area (Å²) in [5.74, 6) is -1.84. The number of carbonyl (C=O) groups is 4. The van der Waals surface area contributed by atoms with Crippen molar-refractivity contribution in [3.8, 4) is 0 Å². The van der Waals surface area contributed by atoms with Crippen LogP contribution in [0.25, 0.3) is 21.8 Å². The molecule has 56 heavy (non-hydrogen) atoms. The molecule has 6 rings (SSSR count). The van der Waals surface area contributed by atoms with Crippen molar-refractivity contribution in [2.24, 2.45) is 0 Å². The summed E-state index contributed by atoms with van der Waals surface area (Å²) in [6.07, 6.45) is 0. The van der Waals surface area contributed by atoms with E-state index in [2.05, 4.69) is 10.6 Å². The van der Waals surface area contributed by atoms with Crippen LogP contribution in [0.4, 0.5) is 11.4 Å². The molecule has 0 aliphatic carbocycles. The SMILES string of the molecule is CCOC(=O)c1ccc(NC(=O)CSc2nc3ccccc3c(=O)n2CCn2c(SCC(=O)Nc3ccc(C(=O)OCC)cc3)nc3ccccc3c2=O)cc1. The molecule has 286 valence electrons. The zero-order valence-electron chi connectivity index (χ0n) is 30.4. The van der Waals surface area contributed by atoms with E-state index in [1.54, 1.807) is 111 Å². The van der Waals surface area contributed by atoms with Crippen molar-refractivity contribution in [1.82, 2.24) is 19.1 Å². The second-order valence-electron chi connectivity index (χ2n) is 12.0. The number of para-hydroxylation sites is 2. The van der Waals surface area contributed by atoms with Crippen LogP contribution in [0, 0.1) is 0 Å². The lowest BCUT2D eigenvalue weighted by Crippen LogP contribution is -2.30. The third-order valence-electron chi connectivity index (χ3n) is 8.22. The van der Waals surface area contributed by atoms with Gasteiger partial charge in [0.1, 0.15) is 0 Å². The van der Waals surface area contributed by atoms with Crippen molar-refractivity contribution in [3.05, 3.63) is 129 Å². The van der Waals surface area contributed by atoms with Gasteiger partial charge in [0, 0.05) is 24.5 Å². The van der Waals surface area contributed by atoms with Gasteiger partial charge >= 0.3 is 11.9 Å². The fourth-order valence-corrected chi connectivity index (χ4v) is 7.22. The number of anilines is 2. The van der Waals surface area contributed by atoms with Gasteiger partial charge < -0.3 is 20.1 Å². The molecule has 0 fully saturated rings. The minimum Gasteiger partial charge on any atom is -0.462 e. The highest BCUT2D eigenvalue weighted by atomic mass is 32.2. The molecular weight excluding hydrogens is 757 g/mol. The van der Waals surface area contributed by atoms with Crippen molar-refractivity contribution >= 4 is 80.5 Å². The highest BCUT2D eigenvalue weighted by molar-refractivity contribution is 8.00. The third-order valence-corrected chi connectivity index (χ3v) is 10.2. The zero-order valence-corrected chi connectivity index (χ0v) is 32.0. The Morgan fingerprint density at radius 3 is 1.32 bits per heavy atom. The van der Waals surface area contributed by atoms with Crippen LogP contribution in [0.3, 0.4) is 0 Å². The number of esters is 2. The molecule has 16 heteroatoms. The molecule has 0 radical (unpaired) electrons. The Hall–Kier alpha value is -6.26. The second-order valence-corrected chi connectivity index (χ2v) is 13.9. The number of amides is 2. The molecule has 4 aromatic carbocycles. The first kappa shape index (κ1) is 39.4. The zero-order chi connectivity index (χ0) is 39.6. The molecular formula is C40H36N6O8S2. The summed E-state index contributed by atoms with van der Waals surface area (Å²) in [6, 6.07) is 26.3. The summed E-state index contributed by atoms with van der Waals surface area (Å²) in [7, 11) is 0. The number of rotatable bonds is 15. The topological polar surface area (TPSA) is 181 Å². The van der Waals surface area contributed by atoms with Gasteiger partial charge in [0.05, 0.1) is 57.7 Å². The van der Waals surface area contributed by atoms with E-state index in [1.807, 2.05) is 0 Å². The van der Waals surface area contributed by atoms with E-state index in [-0.39, 0.29) is 71.1 Å². The van der Waals surface area contributed by atoms with E-state index in [0.29, 0.717) is 44.3 Å². The Bertz CT molecular complexity index is 2360. The maximum atomic E-state index is 13.9. The highest BCUT2D eigenvalue weighted by Gasteiger charge is 2.18. The summed E-state index contributed by atoms with van der Waals surface area (Å²) in [4.78, 5) is 87.2. The largest absolute Gasteiger partial charge is 0.462 e. The van der Waals surface area contributed by atoms with Gasteiger partial charge in [-0.25, -0.2) is 19.6 Å². The van der Waals surface area contributed by atoms with E-state index in [9.17, 15) is 28.8 Å². The molecule has 0 aliphatic rings. The van der Waals surface area contributed by atoms with E-state index in [0.717, 1.165) is 23.5 Å². The third kappa shape index (κ3) is 9.51. The Labute approximate surface area is 328 Å². The fraction of sp³-hybridized carbons (Fsp3) is 0.200. The lowest BCUT2D eigenvalue weighted by molar-refractivity contribution is -0.114. The van der Waals surface area contributed by atoms with E-state index < -0.39 is 11.9 Å². The van der Waals surface area contributed by atoms with Gasteiger partial charge in [-0.15, -0.1) is 0 Å². The number of carbonyl (C=O) groups excluding carboxylic acids is 4. The molecule has 2 N–H and O–H groups in total. The highest BCUT2D eigenvalue weighted by Crippen LogP contribution is 2.22. The van der Waals surface area contributed by atoms with Crippen LogP contribution in [-0.4, -0.2) is 67.6 Å². The van der Waals surface area contributed by atoms with Gasteiger partial charge in [-0.1, -0.05) is 47.8 Å². The molecule has 0 saturated heterocycles. The Morgan fingerprint density at radius 2 is 0.946 bits per heavy atom. The number of ether oxygens (including phenoxy) is 2. The van der Waals surface area contributed by atoms with Gasteiger partial charge in [0.25, 0.3) is 11.1 Å². The first-order valence-corrected chi connectivity index (χ1v) is 19.5. The van der Waals surface area contributed by atoms with Crippen LogP contribution in [0.15, 0.2) is 117 Å². The van der Waals surface area contributed by atoms with E-state index in [4.69, 9.17) is 19.4 Å². The maximum absolute atomic E-state index is 13.9. The molecule has 0 aliphatic heterocycles. The van der Waals surface area contributed by atoms with E-state index >= 15 is 0 Å². The van der Waals surface area contributed by atoms with Gasteiger partial charge in [-0.2, -0.15) is 0 Å². The first-order valence-electron chi connectivity index (χ1n) is 17.5. The minimum absolute atomic E-state index is 0.00242.